The van der Waals surface area contributed by atoms with Crippen LogP contribution in [0.15, 0.2) is 36.4 Å². The van der Waals surface area contributed by atoms with Crippen molar-refractivity contribution in [2.75, 3.05) is 0 Å². The summed E-state index contributed by atoms with van der Waals surface area (Å²) in [6, 6.07) is 6.61. The Morgan fingerprint density at radius 1 is 0.967 bits per heavy atom. The van der Waals surface area contributed by atoms with Crippen molar-refractivity contribution in [1.29, 1.82) is 0 Å². The molecule has 30 heavy (non-hydrogen) atoms. The van der Waals surface area contributed by atoms with E-state index in [0.29, 0.717) is 5.92 Å². The van der Waals surface area contributed by atoms with Gasteiger partial charge in [0.05, 0.1) is 5.56 Å². The number of halogens is 6. The standard InChI is InChI=1S/C22H22F6O2/c1-2-13-3-5-14(6-4-13)15-7-9-17(10-8-15)30-22(27,28)16-11-18(23)20(19(24)12-16)29-21(25)26/h7-14,21H,2-6H2,1H3. The molecule has 1 saturated carbocycles. The van der Waals surface area contributed by atoms with E-state index >= 15 is 0 Å². The summed E-state index contributed by atoms with van der Waals surface area (Å²) in [7, 11) is 0. The fourth-order valence-electron chi connectivity index (χ4n) is 3.85. The van der Waals surface area contributed by atoms with E-state index in [1.165, 1.54) is 12.1 Å². The second-order valence-corrected chi connectivity index (χ2v) is 7.46. The first-order valence-corrected chi connectivity index (χ1v) is 9.80. The summed E-state index contributed by atoms with van der Waals surface area (Å²) >= 11 is 0. The summed E-state index contributed by atoms with van der Waals surface area (Å²) in [6.07, 6.45) is 1.44. The van der Waals surface area contributed by atoms with Gasteiger partial charge in [-0.1, -0.05) is 25.5 Å². The molecule has 0 heterocycles. The molecule has 0 saturated heterocycles. The van der Waals surface area contributed by atoms with Crippen LogP contribution in [0.25, 0.3) is 0 Å². The number of hydrogen-bond donors (Lipinski definition) is 0. The Morgan fingerprint density at radius 3 is 2.03 bits per heavy atom. The summed E-state index contributed by atoms with van der Waals surface area (Å²) in [5, 5.41) is 0. The van der Waals surface area contributed by atoms with E-state index < -0.39 is 35.7 Å². The number of alkyl halides is 4. The Bertz CT molecular complexity index is 822. The fourth-order valence-corrected chi connectivity index (χ4v) is 3.85. The predicted molar refractivity (Wildman–Crippen MR) is 98.9 cm³/mol. The van der Waals surface area contributed by atoms with Crippen molar-refractivity contribution in [2.24, 2.45) is 5.92 Å². The van der Waals surface area contributed by atoms with Crippen molar-refractivity contribution >= 4 is 0 Å². The minimum absolute atomic E-state index is 0.181. The van der Waals surface area contributed by atoms with Gasteiger partial charge in [0.15, 0.2) is 17.4 Å². The Balaban J connectivity index is 1.71. The van der Waals surface area contributed by atoms with Gasteiger partial charge >= 0.3 is 12.7 Å². The lowest BCUT2D eigenvalue weighted by atomic mass is 9.78. The molecule has 0 aliphatic heterocycles. The lowest BCUT2D eigenvalue weighted by Gasteiger charge is -2.28. The van der Waals surface area contributed by atoms with Gasteiger partial charge in [0.2, 0.25) is 0 Å². The van der Waals surface area contributed by atoms with E-state index in [4.69, 9.17) is 0 Å². The van der Waals surface area contributed by atoms with Gasteiger partial charge in [-0.25, -0.2) is 8.78 Å². The normalized spacial score (nSPS) is 19.7. The fraction of sp³-hybridized carbons (Fsp3) is 0.455. The molecule has 2 nitrogen and oxygen atoms in total. The zero-order chi connectivity index (χ0) is 21.9. The number of benzene rings is 2. The highest BCUT2D eigenvalue weighted by atomic mass is 19.3. The van der Waals surface area contributed by atoms with Crippen LogP contribution >= 0.6 is 0 Å². The first-order valence-electron chi connectivity index (χ1n) is 9.80. The zero-order valence-corrected chi connectivity index (χ0v) is 16.3. The van der Waals surface area contributed by atoms with Crippen molar-refractivity contribution in [1.82, 2.24) is 0 Å². The third kappa shape index (κ3) is 5.21. The van der Waals surface area contributed by atoms with Gasteiger partial charge in [0.1, 0.15) is 5.75 Å². The van der Waals surface area contributed by atoms with E-state index in [-0.39, 0.29) is 17.9 Å². The lowest BCUT2D eigenvalue weighted by molar-refractivity contribution is -0.185. The Morgan fingerprint density at radius 2 is 1.53 bits per heavy atom. The maximum Gasteiger partial charge on any atom is 0.426 e. The molecule has 0 atom stereocenters. The van der Waals surface area contributed by atoms with Crippen LogP contribution in [0.5, 0.6) is 11.5 Å². The third-order valence-electron chi connectivity index (χ3n) is 5.56. The molecule has 164 valence electrons. The summed E-state index contributed by atoms with van der Waals surface area (Å²) in [5.74, 6) is -3.85. The Kier molecular flexibility index (Phi) is 6.83. The molecule has 0 unspecified atom stereocenters. The van der Waals surface area contributed by atoms with Gasteiger partial charge in [-0.2, -0.15) is 17.6 Å². The van der Waals surface area contributed by atoms with Crippen molar-refractivity contribution in [3.8, 4) is 11.5 Å². The molecular weight excluding hydrogens is 410 g/mol. The second-order valence-electron chi connectivity index (χ2n) is 7.46. The van der Waals surface area contributed by atoms with Gasteiger partial charge in [-0.15, -0.1) is 0 Å². The maximum atomic E-state index is 14.4. The highest BCUT2D eigenvalue weighted by molar-refractivity contribution is 5.34. The minimum atomic E-state index is -4.08. The minimum Gasteiger partial charge on any atom is -0.429 e. The number of rotatable bonds is 7. The second kappa shape index (κ2) is 9.18. The van der Waals surface area contributed by atoms with E-state index in [9.17, 15) is 26.3 Å². The van der Waals surface area contributed by atoms with E-state index in [2.05, 4.69) is 16.4 Å². The Hall–Kier alpha value is -2.38. The highest BCUT2D eigenvalue weighted by Crippen LogP contribution is 2.39. The SMILES string of the molecule is CCC1CCC(c2ccc(OC(F)(F)c3cc(F)c(OC(F)F)c(F)c3)cc2)CC1. The molecular formula is C22H22F6O2. The smallest absolute Gasteiger partial charge is 0.426 e. The van der Waals surface area contributed by atoms with Gasteiger partial charge < -0.3 is 9.47 Å². The van der Waals surface area contributed by atoms with E-state index in [0.717, 1.165) is 43.6 Å². The average molecular weight is 432 g/mol. The van der Waals surface area contributed by atoms with Gasteiger partial charge in [0.25, 0.3) is 0 Å². The lowest BCUT2D eigenvalue weighted by Crippen LogP contribution is -2.23. The van der Waals surface area contributed by atoms with E-state index in [1.807, 2.05) is 0 Å². The molecule has 1 aliphatic carbocycles. The molecule has 1 aliphatic rings. The summed E-state index contributed by atoms with van der Waals surface area (Å²) < 4.78 is 89.0. The molecule has 0 N–H and O–H groups in total. The van der Waals surface area contributed by atoms with Crippen molar-refractivity contribution in [3.05, 3.63) is 59.2 Å². The third-order valence-corrected chi connectivity index (χ3v) is 5.56. The first-order chi connectivity index (χ1) is 14.2. The Labute approximate surface area is 170 Å². The maximum absolute atomic E-state index is 14.4. The first kappa shape index (κ1) is 22.3. The van der Waals surface area contributed by atoms with Crippen LogP contribution in [-0.4, -0.2) is 6.61 Å². The van der Waals surface area contributed by atoms with Gasteiger partial charge in [-0.3, -0.25) is 0 Å². The molecule has 0 aromatic heterocycles. The van der Waals surface area contributed by atoms with Crippen LogP contribution in [0.3, 0.4) is 0 Å². The molecule has 3 rings (SSSR count). The number of ether oxygens (including phenoxy) is 2. The average Bonchev–Trinajstić information content (AvgIpc) is 2.71. The van der Waals surface area contributed by atoms with E-state index in [1.54, 1.807) is 12.1 Å². The molecule has 2 aromatic carbocycles. The molecule has 2 aromatic rings. The van der Waals surface area contributed by atoms with Gasteiger partial charge in [-0.05, 0) is 67.3 Å². The molecule has 8 heteroatoms. The van der Waals surface area contributed by atoms with Crippen molar-refractivity contribution in [2.45, 2.75) is 57.7 Å². The van der Waals surface area contributed by atoms with Crippen LogP contribution < -0.4 is 9.47 Å². The van der Waals surface area contributed by atoms with Crippen LogP contribution in [0.1, 0.15) is 56.1 Å². The quantitative estimate of drug-likeness (QED) is 0.425. The molecule has 0 spiro atoms. The molecule has 1 fully saturated rings. The predicted octanol–water partition coefficient (Wildman–Crippen LogP) is 7.38. The van der Waals surface area contributed by atoms with Crippen LogP contribution in [-0.2, 0) is 6.11 Å². The summed E-state index contributed by atoms with van der Waals surface area (Å²) in [5.41, 5.74) is -0.119. The molecule has 0 bridgehead atoms. The number of hydrogen-bond acceptors (Lipinski definition) is 2. The van der Waals surface area contributed by atoms with Crippen molar-refractivity contribution in [3.63, 3.8) is 0 Å². The molecule has 0 radical (unpaired) electrons. The largest absolute Gasteiger partial charge is 0.429 e. The monoisotopic (exact) mass is 432 g/mol. The summed E-state index contributed by atoms with van der Waals surface area (Å²) in [6.45, 7) is -1.32. The zero-order valence-electron chi connectivity index (χ0n) is 16.3. The molecule has 0 amide bonds. The van der Waals surface area contributed by atoms with Gasteiger partial charge in [0, 0.05) is 0 Å². The van der Waals surface area contributed by atoms with Crippen LogP contribution in [0.2, 0.25) is 0 Å². The highest BCUT2D eigenvalue weighted by Gasteiger charge is 2.37. The van der Waals surface area contributed by atoms with Crippen LogP contribution in [0.4, 0.5) is 26.3 Å². The summed E-state index contributed by atoms with van der Waals surface area (Å²) in [4.78, 5) is 0. The van der Waals surface area contributed by atoms with Crippen molar-refractivity contribution < 1.29 is 35.8 Å². The topological polar surface area (TPSA) is 18.5 Å². The van der Waals surface area contributed by atoms with Crippen LogP contribution in [0, 0.1) is 17.6 Å².